The molecule has 0 spiro atoms. The van der Waals surface area contributed by atoms with Crippen molar-refractivity contribution in [3.05, 3.63) is 18.0 Å². The van der Waals surface area contributed by atoms with Gasteiger partial charge in [0, 0.05) is 11.9 Å². The summed E-state index contributed by atoms with van der Waals surface area (Å²) in [6, 6.07) is 1.79. The molecule has 1 heterocycles. The van der Waals surface area contributed by atoms with E-state index in [-0.39, 0.29) is 18.9 Å². The molecule has 0 bridgehead atoms. The summed E-state index contributed by atoms with van der Waals surface area (Å²) in [5.41, 5.74) is 0.374. The van der Waals surface area contributed by atoms with Crippen LogP contribution >= 0.6 is 0 Å². The van der Waals surface area contributed by atoms with E-state index in [1.165, 1.54) is 6.42 Å². The minimum absolute atomic E-state index is 0.0199. The summed E-state index contributed by atoms with van der Waals surface area (Å²) < 4.78 is 0. The maximum Gasteiger partial charge on any atom is 0.226 e. The van der Waals surface area contributed by atoms with Crippen LogP contribution in [-0.2, 0) is 11.2 Å². The summed E-state index contributed by atoms with van der Waals surface area (Å²) in [6.07, 6.45) is 5.88. The summed E-state index contributed by atoms with van der Waals surface area (Å²) in [6.45, 7) is 2.19. The van der Waals surface area contributed by atoms with E-state index in [9.17, 15) is 9.90 Å². The molecule has 1 fully saturated rings. The SMILES string of the molecule is CC1CCCC(CO)(NC(=O)Cc2ccn[nH]2)C1. The Kier molecular flexibility index (Phi) is 4.01. The maximum atomic E-state index is 12.0. The Hall–Kier alpha value is -1.36. The van der Waals surface area contributed by atoms with Crippen molar-refractivity contribution < 1.29 is 9.90 Å². The van der Waals surface area contributed by atoms with Gasteiger partial charge in [0.25, 0.3) is 0 Å². The Labute approximate surface area is 107 Å². The zero-order chi connectivity index (χ0) is 13.0. The minimum Gasteiger partial charge on any atom is -0.394 e. The Morgan fingerprint density at radius 1 is 1.72 bits per heavy atom. The van der Waals surface area contributed by atoms with Crippen molar-refractivity contribution in [2.24, 2.45) is 5.92 Å². The monoisotopic (exact) mass is 251 g/mol. The van der Waals surface area contributed by atoms with Crippen molar-refractivity contribution in [1.82, 2.24) is 15.5 Å². The van der Waals surface area contributed by atoms with Crippen molar-refractivity contribution in [2.75, 3.05) is 6.61 Å². The van der Waals surface area contributed by atoms with Gasteiger partial charge in [0.1, 0.15) is 0 Å². The average molecular weight is 251 g/mol. The number of nitrogens with one attached hydrogen (secondary N) is 2. The van der Waals surface area contributed by atoms with Gasteiger partial charge in [-0.25, -0.2) is 0 Å². The van der Waals surface area contributed by atoms with Crippen LogP contribution in [0.1, 0.15) is 38.3 Å². The van der Waals surface area contributed by atoms with Gasteiger partial charge in [0.2, 0.25) is 5.91 Å². The van der Waals surface area contributed by atoms with Gasteiger partial charge in [0.15, 0.2) is 0 Å². The number of hydrogen-bond donors (Lipinski definition) is 3. The van der Waals surface area contributed by atoms with Gasteiger partial charge >= 0.3 is 0 Å². The first-order valence-electron chi connectivity index (χ1n) is 6.54. The molecule has 5 nitrogen and oxygen atoms in total. The lowest BCUT2D eigenvalue weighted by Gasteiger charge is -2.39. The van der Waals surface area contributed by atoms with E-state index >= 15 is 0 Å². The van der Waals surface area contributed by atoms with E-state index in [2.05, 4.69) is 22.4 Å². The number of nitrogens with zero attached hydrogens (tertiary/aromatic N) is 1. The number of hydrogen-bond acceptors (Lipinski definition) is 3. The molecular weight excluding hydrogens is 230 g/mol. The molecule has 0 saturated heterocycles. The summed E-state index contributed by atoms with van der Waals surface area (Å²) in [5.74, 6) is 0.501. The van der Waals surface area contributed by atoms with Gasteiger partial charge in [-0.1, -0.05) is 19.8 Å². The number of amides is 1. The van der Waals surface area contributed by atoms with E-state index in [4.69, 9.17) is 0 Å². The summed E-state index contributed by atoms with van der Waals surface area (Å²) in [5, 5.41) is 19.2. The topological polar surface area (TPSA) is 78.0 Å². The lowest BCUT2D eigenvalue weighted by molar-refractivity contribution is -0.123. The van der Waals surface area contributed by atoms with E-state index in [0.29, 0.717) is 5.92 Å². The fraction of sp³-hybridized carbons (Fsp3) is 0.692. The van der Waals surface area contributed by atoms with Gasteiger partial charge in [-0.2, -0.15) is 5.10 Å². The number of H-pyrrole nitrogens is 1. The van der Waals surface area contributed by atoms with Crippen molar-refractivity contribution in [2.45, 2.75) is 44.6 Å². The number of aliphatic hydroxyl groups is 1. The fourth-order valence-corrected chi connectivity index (χ4v) is 2.85. The Morgan fingerprint density at radius 3 is 3.17 bits per heavy atom. The van der Waals surface area contributed by atoms with Crippen LogP contribution in [0.3, 0.4) is 0 Å². The highest BCUT2D eigenvalue weighted by Crippen LogP contribution is 2.31. The van der Waals surface area contributed by atoms with Crippen LogP contribution in [-0.4, -0.2) is 33.4 Å². The number of carbonyl (C=O) groups is 1. The molecule has 1 aromatic rings. The first-order chi connectivity index (χ1) is 8.63. The molecule has 1 saturated carbocycles. The molecule has 1 aliphatic carbocycles. The highest BCUT2D eigenvalue weighted by molar-refractivity contribution is 5.78. The van der Waals surface area contributed by atoms with Gasteiger partial charge in [-0.05, 0) is 24.8 Å². The minimum atomic E-state index is -0.422. The fourth-order valence-electron chi connectivity index (χ4n) is 2.85. The molecule has 18 heavy (non-hydrogen) atoms. The van der Waals surface area contributed by atoms with Crippen LogP contribution in [0, 0.1) is 5.92 Å². The third-order valence-electron chi connectivity index (χ3n) is 3.71. The molecule has 1 aliphatic rings. The van der Waals surface area contributed by atoms with Crippen LogP contribution in [0.4, 0.5) is 0 Å². The van der Waals surface area contributed by atoms with E-state index in [1.54, 1.807) is 12.3 Å². The smallest absolute Gasteiger partial charge is 0.226 e. The summed E-state index contributed by atoms with van der Waals surface area (Å²) in [4.78, 5) is 12.0. The van der Waals surface area contributed by atoms with Crippen LogP contribution in [0.5, 0.6) is 0 Å². The third-order valence-corrected chi connectivity index (χ3v) is 3.71. The molecule has 1 aromatic heterocycles. The lowest BCUT2D eigenvalue weighted by atomic mass is 9.76. The number of carbonyl (C=O) groups excluding carboxylic acids is 1. The van der Waals surface area contributed by atoms with Crippen molar-refractivity contribution >= 4 is 5.91 Å². The summed E-state index contributed by atoms with van der Waals surface area (Å²) >= 11 is 0. The number of aliphatic hydroxyl groups excluding tert-OH is 1. The van der Waals surface area contributed by atoms with Crippen LogP contribution in [0.25, 0.3) is 0 Å². The Balaban J connectivity index is 1.95. The molecule has 0 aliphatic heterocycles. The molecular formula is C13H21N3O2. The van der Waals surface area contributed by atoms with Crippen molar-refractivity contribution in [1.29, 1.82) is 0 Å². The molecule has 1 amide bonds. The molecule has 5 heteroatoms. The van der Waals surface area contributed by atoms with E-state index in [0.717, 1.165) is 25.0 Å². The second kappa shape index (κ2) is 5.52. The molecule has 0 radical (unpaired) electrons. The highest BCUT2D eigenvalue weighted by atomic mass is 16.3. The third kappa shape index (κ3) is 3.10. The molecule has 100 valence electrons. The van der Waals surface area contributed by atoms with Crippen molar-refractivity contribution in [3.63, 3.8) is 0 Å². The molecule has 0 aromatic carbocycles. The zero-order valence-electron chi connectivity index (χ0n) is 10.8. The lowest BCUT2D eigenvalue weighted by Crippen LogP contribution is -2.54. The predicted octanol–water partition coefficient (Wildman–Crippen LogP) is 1.01. The number of aromatic nitrogens is 2. The quantitative estimate of drug-likeness (QED) is 0.747. The first kappa shape index (κ1) is 13.1. The van der Waals surface area contributed by atoms with Crippen LogP contribution in [0.15, 0.2) is 12.3 Å². The Morgan fingerprint density at radius 2 is 2.56 bits per heavy atom. The largest absolute Gasteiger partial charge is 0.394 e. The normalized spacial score (nSPS) is 28.0. The first-order valence-corrected chi connectivity index (χ1v) is 6.54. The van der Waals surface area contributed by atoms with Gasteiger partial charge in [-0.3, -0.25) is 9.89 Å². The molecule has 2 unspecified atom stereocenters. The van der Waals surface area contributed by atoms with E-state index in [1.807, 2.05) is 0 Å². The zero-order valence-corrected chi connectivity index (χ0v) is 10.8. The second-order valence-electron chi connectivity index (χ2n) is 5.45. The number of rotatable bonds is 4. The second-order valence-corrected chi connectivity index (χ2v) is 5.45. The van der Waals surface area contributed by atoms with Gasteiger partial charge < -0.3 is 10.4 Å². The van der Waals surface area contributed by atoms with Gasteiger partial charge in [0.05, 0.1) is 18.6 Å². The van der Waals surface area contributed by atoms with Crippen LogP contribution in [0.2, 0.25) is 0 Å². The molecule has 2 rings (SSSR count). The summed E-state index contributed by atoms with van der Waals surface area (Å²) in [7, 11) is 0. The Bertz CT molecular complexity index is 391. The maximum absolute atomic E-state index is 12.0. The number of aromatic amines is 1. The van der Waals surface area contributed by atoms with Crippen LogP contribution < -0.4 is 5.32 Å². The standard InChI is InChI=1S/C13H21N3O2/c1-10-3-2-5-13(8-10,9-17)15-12(18)7-11-4-6-14-16-11/h4,6,10,17H,2-3,5,7-9H2,1H3,(H,14,16)(H,15,18). The van der Waals surface area contributed by atoms with E-state index < -0.39 is 5.54 Å². The van der Waals surface area contributed by atoms with Gasteiger partial charge in [-0.15, -0.1) is 0 Å². The molecule has 3 N–H and O–H groups in total. The average Bonchev–Trinajstić information content (AvgIpc) is 2.81. The molecule has 2 atom stereocenters. The van der Waals surface area contributed by atoms with Crippen molar-refractivity contribution in [3.8, 4) is 0 Å². The predicted molar refractivity (Wildman–Crippen MR) is 67.9 cm³/mol. The highest BCUT2D eigenvalue weighted by Gasteiger charge is 2.35.